The van der Waals surface area contributed by atoms with Gasteiger partial charge in [-0.05, 0) is 36.2 Å². The number of rotatable bonds is 9. The molecule has 0 atom stereocenters. The maximum atomic E-state index is 5.70. The van der Waals surface area contributed by atoms with Crippen LogP contribution in [0.3, 0.4) is 0 Å². The van der Waals surface area contributed by atoms with Gasteiger partial charge in [-0.15, -0.1) is 0 Å². The van der Waals surface area contributed by atoms with Crippen LogP contribution in [0.5, 0.6) is 5.75 Å². The molecule has 2 aromatic rings. The first-order valence-electron chi connectivity index (χ1n) is 7.57. The summed E-state index contributed by atoms with van der Waals surface area (Å²) in [4.78, 5) is 0. The zero-order chi connectivity index (χ0) is 14.8. The highest BCUT2D eigenvalue weighted by atomic mass is 16.5. The number of benzene rings is 1. The van der Waals surface area contributed by atoms with Crippen LogP contribution in [-0.2, 0) is 13.1 Å². The summed E-state index contributed by atoms with van der Waals surface area (Å²) in [5.74, 6) is 0.948. The normalized spacial score (nSPS) is 10.5. The highest BCUT2D eigenvalue weighted by Gasteiger charge is 1.97. The molecule has 0 amide bonds. The van der Waals surface area contributed by atoms with Gasteiger partial charge in [-0.3, -0.25) is 0 Å². The maximum absolute atomic E-state index is 5.70. The Morgan fingerprint density at radius 1 is 1.05 bits per heavy atom. The van der Waals surface area contributed by atoms with Crippen molar-refractivity contribution in [2.45, 2.75) is 39.3 Å². The molecule has 4 nitrogen and oxygen atoms in total. The monoisotopic (exact) mass is 285 g/mol. The van der Waals surface area contributed by atoms with E-state index in [9.17, 15) is 0 Å². The molecule has 0 spiro atoms. The fourth-order valence-corrected chi connectivity index (χ4v) is 2.01. The predicted octanol–water partition coefficient (Wildman–Crippen LogP) is 3.34. The third-order valence-corrected chi connectivity index (χ3v) is 3.20. The molecule has 0 saturated carbocycles. The number of nitrogens with one attached hydrogen (secondary N) is 1. The van der Waals surface area contributed by atoms with Crippen LogP contribution in [-0.4, -0.2) is 16.8 Å². The van der Waals surface area contributed by atoms with E-state index in [1.807, 2.05) is 24.3 Å². The minimum absolute atomic E-state index is 0.725. The number of hydrogen-bond acceptors (Lipinski definition) is 4. The minimum atomic E-state index is 0.725. The molecule has 0 aliphatic carbocycles. The SMILES string of the molecule is CCCCCOc1ccc(CNCc2cccnn2)cc1. The van der Waals surface area contributed by atoms with Crippen molar-refractivity contribution < 1.29 is 4.74 Å². The van der Waals surface area contributed by atoms with Crippen molar-refractivity contribution >= 4 is 0 Å². The Hall–Kier alpha value is -1.94. The highest BCUT2D eigenvalue weighted by Crippen LogP contribution is 2.13. The van der Waals surface area contributed by atoms with E-state index in [1.165, 1.54) is 18.4 Å². The largest absolute Gasteiger partial charge is 0.494 e. The van der Waals surface area contributed by atoms with E-state index in [2.05, 4.69) is 34.6 Å². The Labute approximate surface area is 126 Å². The van der Waals surface area contributed by atoms with Crippen LogP contribution in [0.2, 0.25) is 0 Å². The Balaban J connectivity index is 1.69. The van der Waals surface area contributed by atoms with Crippen molar-refractivity contribution in [3.63, 3.8) is 0 Å². The summed E-state index contributed by atoms with van der Waals surface area (Å²) in [6.45, 7) is 4.54. The van der Waals surface area contributed by atoms with Crippen molar-refractivity contribution in [2.75, 3.05) is 6.61 Å². The molecule has 0 radical (unpaired) electrons. The van der Waals surface area contributed by atoms with Gasteiger partial charge in [0, 0.05) is 19.3 Å². The summed E-state index contributed by atoms with van der Waals surface area (Å²) in [6, 6.07) is 12.1. The molecule has 0 fully saturated rings. The van der Waals surface area contributed by atoms with E-state index < -0.39 is 0 Å². The molecule has 2 rings (SSSR count). The molecule has 1 aromatic heterocycles. The first kappa shape index (κ1) is 15.4. The highest BCUT2D eigenvalue weighted by molar-refractivity contribution is 5.27. The topological polar surface area (TPSA) is 47.0 Å². The van der Waals surface area contributed by atoms with Crippen LogP contribution in [0.1, 0.15) is 37.4 Å². The fraction of sp³-hybridized carbons (Fsp3) is 0.412. The predicted molar refractivity (Wildman–Crippen MR) is 84.0 cm³/mol. The van der Waals surface area contributed by atoms with E-state index in [1.54, 1.807) is 6.20 Å². The van der Waals surface area contributed by atoms with Crippen LogP contribution in [0.4, 0.5) is 0 Å². The van der Waals surface area contributed by atoms with Crippen molar-refractivity contribution in [3.05, 3.63) is 53.9 Å². The zero-order valence-electron chi connectivity index (χ0n) is 12.6. The second-order valence-electron chi connectivity index (χ2n) is 5.02. The molecule has 0 aliphatic heterocycles. The second-order valence-corrected chi connectivity index (χ2v) is 5.02. The second kappa shape index (κ2) is 9.08. The molecule has 21 heavy (non-hydrogen) atoms. The summed E-state index contributed by atoms with van der Waals surface area (Å²) in [5, 5.41) is 11.3. The van der Waals surface area contributed by atoms with Crippen molar-refractivity contribution in [1.29, 1.82) is 0 Å². The number of hydrogen-bond donors (Lipinski definition) is 1. The van der Waals surface area contributed by atoms with Gasteiger partial charge in [0.2, 0.25) is 0 Å². The number of nitrogens with zero attached hydrogens (tertiary/aromatic N) is 2. The van der Waals surface area contributed by atoms with Gasteiger partial charge in [0.15, 0.2) is 0 Å². The fourth-order valence-electron chi connectivity index (χ4n) is 2.01. The van der Waals surface area contributed by atoms with Gasteiger partial charge in [-0.25, -0.2) is 0 Å². The standard InChI is InChI=1S/C17H23N3O/c1-2-3-4-12-21-17-9-7-15(8-10-17)13-18-14-16-6-5-11-19-20-16/h5-11,18H,2-4,12-14H2,1H3. The summed E-state index contributed by atoms with van der Waals surface area (Å²) in [5.41, 5.74) is 2.19. The number of aromatic nitrogens is 2. The lowest BCUT2D eigenvalue weighted by Gasteiger charge is -2.07. The number of unbranched alkanes of at least 4 members (excludes halogenated alkanes) is 2. The quantitative estimate of drug-likeness (QED) is 0.718. The van der Waals surface area contributed by atoms with Crippen molar-refractivity contribution in [1.82, 2.24) is 15.5 Å². The van der Waals surface area contributed by atoms with Gasteiger partial charge < -0.3 is 10.1 Å². The lowest BCUT2D eigenvalue weighted by atomic mass is 10.2. The molecule has 0 saturated heterocycles. The summed E-state index contributed by atoms with van der Waals surface area (Å²) < 4.78 is 5.70. The smallest absolute Gasteiger partial charge is 0.119 e. The van der Waals surface area contributed by atoms with Gasteiger partial charge in [-0.2, -0.15) is 10.2 Å². The average Bonchev–Trinajstić information content (AvgIpc) is 2.54. The van der Waals surface area contributed by atoms with E-state index in [0.717, 1.165) is 37.6 Å². The van der Waals surface area contributed by atoms with Gasteiger partial charge in [0.25, 0.3) is 0 Å². The molecule has 1 N–H and O–H groups in total. The van der Waals surface area contributed by atoms with Crippen LogP contribution >= 0.6 is 0 Å². The molecular formula is C17H23N3O. The third-order valence-electron chi connectivity index (χ3n) is 3.20. The van der Waals surface area contributed by atoms with E-state index >= 15 is 0 Å². The molecule has 1 heterocycles. The molecule has 0 bridgehead atoms. The van der Waals surface area contributed by atoms with Gasteiger partial charge in [0.05, 0.1) is 12.3 Å². The molecule has 112 valence electrons. The first-order chi connectivity index (χ1) is 10.4. The van der Waals surface area contributed by atoms with Gasteiger partial charge >= 0.3 is 0 Å². The van der Waals surface area contributed by atoms with Crippen molar-refractivity contribution in [2.24, 2.45) is 0 Å². The lowest BCUT2D eigenvalue weighted by Crippen LogP contribution is -2.13. The third kappa shape index (κ3) is 5.92. The Morgan fingerprint density at radius 2 is 1.90 bits per heavy atom. The molecule has 1 aromatic carbocycles. The minimum Gasteiger partial charge on any atom is -0.494 e. The van der Waals surface area contributed by atoms with Gasteiger partial charge in [-0.1, -0.05) is 31.9 Å². The van der Waals surface area contributed by atoms with Crippen LogP contribution < -0.4 is 10.1 Å². The molecular weight excluding hydrogens is 262 g/mol. The Morgan fingerprint density at radius 3 is 2.62 bits per heavy atom. The average molecular weight is 285 g/mol. The maximum Gasteiger partial charge on any atom is 0.119 e. The van der Waals surface area contributed by atoms with E-state index in [0.29, 0.717) is 0 Å². The summed E-state index contributed by atoms with van der Waals surface area (Å²) in [7, 11) is 0. The van der Waals surface area contributed by atoms with Crippen molar-refractivity contribution in [3.8, 4) is 5.75 Å². The molecule has 4 heteroatoms. The van der Waals surface area contributed by atoms with Crippen LogP contribution in [0, 0.1) is 0 Å². The Kier molecular flexibility index (Phi) is 6.68. The lowest BCUT2D eigenvalue weighted by molar-refractivity contribution is 0.306. The van der Waals surface area contributed by atoms with Gasteiger partial charge in [0.1, 0.15) is 5.75 Å². The zero-order valence-corrected chi connectivity index (χ0v) is 12.6. The summed E-state index contributed by atoms with van der Waals surface area (Å²) in [6.07, 6.45) is 5.25. The number of ether oxygens (including phenoxy) is 1. The van der Waals surface area contributed by atoms with Crippen LogP contribution in [0.25, 0.3) is 0 Å². The summed E-state index contributed by atoms with van der Waals surface area (Å²) >= 11 is 0. The Bertz CT molecular complexity index is 499. The van der Waals surface area contributed by atoms with E-state index in [4.69, 9.17) is 4.74 Å². The first-order valence-corrected chi connectivity index (χ1v) is 7.57. The van der Waals surface area contributed by atoms with Crippen LogP contribution in [0.15, 0.2) is 42.6 Å². The molecule has 0 aliphatic rings. The van der Waals surface area contributed by atoms with E-state index in [-0.39, 0.29) is 0 Å². The molecule has 0 unspecified atom stereocenters.